The monoisotopic (exact) mass is 210 g/mol. The summed E-state index contributed by atoms with van der Waals surface area (Å²) in [7, 11) is 0. The van der Waals surface area contributed by atoms with Crippen molar-refractivity contribution in [3.63, 3.8) is 0 Å². The number of hydrogen-bond acceptors (Lipinski definition) is 1. The third kappa shape index (κ3) is 3.34. The molecule has 0 spiro atoms. The summed E-state index contributed by atoms with van der Waals surface area (Å²) in [6.45, 7) is 15.7. The van der Waals surface area contributed by atoms with Gasteiger partial charge in [-0.15, -0.1) is 0 Å². The molecule has 15 heavy (non-hydrogen) atoms. The van der Waals surface area contributed by atoms with E-state index in [9.17, 15) is 0 Å². The molecule has 0 N–H and O–H groups in total. The summed E-state index contributed by atoms with van der Waals surface area (Å²) in [6.07, 6.45) is 3.99. The Morgan fingerprint density at radius 3 is 2.00 bits per heavy atom. The molecule has 1 aliphatic rings. The predicted octanol–water partition coefficient (Wildman–Crippen LogP) is 4.18. The van der Waals surface area contributed by atoms with E-state index >= 15 is 0 Å². The Kier molecular flexibility index (Phi) is 3.35. The Hall–Kier alpha value is -0.300. The SMILES string of the molecule is CC1=C[C@H](C(C)(C)C)O[C@H](C(C)(C)C)C1. The van der Waals surface area contributed by atoms with Gasteiger partial charge in [-0.25, -0.2) is 0 Å². The molecule has 1 nitrogen and oxygen atoms in total. The molecule has 0 fully saturated rings. The molecule has 0 amide bonds. The first-order chi connectivity index (χ1) is 6.60. The third-order valence-corrected chi connectivity index (χ3v) is 3.07. The molecule has 0 bridgehead atoms. The van der Waals surface area contributed by atoms with E-state index in [1.165, 1.54) is 5.57 Å². The molecule has 1 heterocycles. The average molecular weight is 210 g/mol. The second-order valence-electron chi connectivity index (χ2n) is 6.99. The minimum absolute atomic E-state index is 0.200. The molecule has 0 saturated heterocycles. The van der Waals surface area contributed by atoms with Crippen LogP contribution in [-0.4, -0.2) is 12.2 Å². The fourth-order valence-electron chi connectivity index (χ4n) is 1.85. The van der Waals surface area contributed by atoms with Crippen LogP contribution in [0.1, 0.15) is 54.9 Å². The van der Waals surface area contributed by atoms with E-state index in [2.05, 4.69) is 54.5 Å². The molecule has 1 heteroatoms. The van der Waals surface area contributed by atoms with Gasteiger partial charge < -0.3 is 4.74 Å². The first kappa shape index (κ1) is 12.8. The Labute approximate surface area is 94.9 Å². The zero-order chi connectivity index (χ0) is 11.9. The van der Waals surface area contributed by atoms with Crippen LogP contribution in [0.25, 0.3) is 0 Å². The van der Waals surface area contributed by atoms with E-state index < -0.39 is 0 Å². The highest BCUT2D eigenvalue weighted by molar-refractivity contribution is 5.11. The van der Waals surface area contributed by atoms with Crippen molar-refractivity contribution in [3.05, 3.63) is 11.6 Å². The fourth-order valence-corrected chi connectivity index (χ4v) is 1.85. The van der Waals surface area contributed by atoms with Gasteiger partial charge in [-0.3, -0.25) is 0 Å². The van der Waals surface area contributed by atoms with E-state index in [4.69, 9.17) is 4.74 Å². The summed E-state index contributed by atoms with van der Waals surface area (Å²) in [5.41, 5.74) is 1.91. The molecule has 0 aromatic carbocycles. The molecule has 0 aromatic heterocycles. The summed E-state index contributed by atoms with van der Waals surface area (Å²) in [4.78, 5) is 0. The molecule has 1 rings (SSSR count). The van der Waals surface area contributed by atoms with Crippen molar-refractivity contribution in [2.24, 2.45) is 10.8 Å². The second-order valence-corrected chi connectivity index (χ2v) is 6.99. The Balaban J connectivity index is 2.85. The fraction of sp³-hybridized carbons (Fsp3) is 0.857. The number of rotatable bonds is 0. The lowest BCUT2D eigenvalue weighted by atomic mass is 9.80. The van der Waals surface area contributed by atoms with Gasteiger partial charge in [-0.05, 0) is 24.2 Å². The van der Waals surface area contributed by atoms with Gasteiger partial charge in [0.2, 0.25) is 0 Å². The maximum absolute atomic E-state index is 6.21. The van der Waals surface area contributed by atoms with Crippen LogP contribution in [-0.2, 0) is 4.74 Å². The molecule has 0 radical (unpaired) electrons. The summed E-state index contributed by atoms with van der Waals surface area (Å²) in [6, 6.07) is 0. The Bertz CT molecular complexity index is 249. The van der Waals surface area contributed by atoms with Gasteiger partial charge in [0.1, 0.15) is 0 Å². The van der Waals surface area contributed by atoms with Gasteiger partial charge in [0, 0.05) is 0 Å². The lowest BCUT2D eigenvalue weighted by Gasteiger charge is -2.41. The summed E-state index contributed by atoms with van der Waals surface area (Å²) >= 11 is 0. The zero-order valence-electron chi connectivity index (χ0n) is 11.3. The van der Waals surface area contributed by atoms with Gasteiger partial charge in [-0.1, -0.05) is 53.2 Å². The summed E-state index contributed by atoms with van der Waals surface area (Å²) in [5, 5.41) is 0. The molecule has 88 valence electrons. The first-order valence-corrected chi connectivity index (χ1v) is 5.93. The maximum atomic E-state index is 6.21. The topological polar surface area (TPSA) is 9.23 Å². The van der Waals surface area contributed by atoms with Crippen molar-refractivity contribution in [2.75, 3.05) is 0 Å². The molecule has 2 atom stereocenters. The lowest BCUT2D eigenvalue weighted by molar-refractivity contribution is -0.0921. The quantitative estimate of drug-likeness (QED) is 0.545. The van der Waals surface area contributed by atoms with E-state index in [-0.39, 0.29) is 16.9 Å². The average Bonchev–Trinajstić information content (AvgIpc) is 1.99. The van der Waals surface area contributed by atoms with E-state index in [0.717, 1.165) is 6.42 Å². The van der Waals surface area contributed by atoms with E-state index in [0.29, 0.717) is 6.10 Å². The Morgan fingerprint density at radius 1 is 1.07 bits per heavy atom. The zero-order valence-corrected chi connectivity index (χ0v) is 11.3. The van der Waals surface area contributed by atoms with Crippen molar-refractivity contribution in [3.8, 4) is 0 Å². The van der Waals surface area contributed by atoms with Crippen LogP contribution < -0.4 is 0 Å². The van der Waals surface area contributed by atoms with Gasteiger partial charge in [0.25, 0.3) is 0 Å². The smallest absolute Gasteiger partial charge is 0.0810 e. The molecular formula is C14H26O. The lowest BCUT2D eigenvalue weighted by Crippen LogP contribution is -2.40. The van der Waals surface area contributed by atoms with Gasteiger partial charge in [0.15, 0.2) is 0 Å². The molecule has 0 unspecified atom stereocenters. The summed E-state index contributed by atoms with van der Waals surface area (Å²) in [5.74, 6) is 0. The van der Waals surface area contributed by atoms with Crippen LogP contribution in [0.3, 0.4) is 0 Å². The highest BCUT2D eigenvalue weighted by Crippen LogP contribution is 2.37. The highest BCUT2D eigenvalue weighted by atomic mass is 16.5. The minimum Gasteiger partial charge on any atom is -0.369 e. The third-order valence-electron chi connectivity index (χ3n) is 3.07. The summed E-state index contributed by atoms with van der Waals surface area (Å²) < 4.78 is 6.21. The molecular weight excluding hydrogens is 184 g/mol. The van der Waals surface area contributed by atoms with Crippen molar-refractivity contribution < 1.29 is 4.74 Å². The molecule has 0 aliphatic carbocycles. The van der Waals surface area contributed by atoms with E-state index in [1.54, 1.807) is 0 Å². The van der Waals surface area contributed by atoms with Crippen LogP contribution in [0.15, 0.2) is 11.6 Å². The van der Waals surface area contributed by atoms with Crippen LogP contribution in [0, 0.1) is 10.8 Å². The largest absolute Gasteiger partial charge is 0.369 e. The highest BCUT2D eigenvalue weighted by Gasteiger charge is 2.35. The number of ether oxygens (including phenoxy) is 1. The van der Waals surface area contributed by atoms with Crippen LogP contribution in [0.2, 0.25) is 0 Å². The van der Waals surface area contributed by atoms with Crippen molar-refractivity contribution in [1.82, 2.24) is 0 Å². The number of hydrogen-bond donors (Lipinski definition) is 0. The van der Waals surface area contributed by atoms with Crippen molar-refractivity contribution in [1.29, 1.82) is 0 Å². The van der Waals surface area contributed by atoms with E-state index in [1.807, 2.05) is 0 Å². The normalized spacial score (nSPS) is 28.9. The van der Waals surface area contributed by atoms with Crippen LogP contribution >= 0.6 is 0 Å². The first-order valence-electron chi connectivity index (χ1n) is 5.93. The maximum Gasteiger partial charge on any atom is 0.0810 e. The van der Waals surface area contributed by atoms with Crippen LogP contribution in [0.5, 0.6) is 0 Å². The second kappa shape index (κ2) is 3.93. The predicted molar refractivity (Wildman–Crippen MR) is 65.9 cm³/mol. The molecule has 1 aliphatic heterocycles. The van der Waals surface area contributed by atoms with Gasteiger partial charge in [-0.2, -0.15) is 0 Å². The van der Waals surface area contributed by atoms with Crippen molar-refractivity contribution in [2.45, 2.75) is 67.1 Å². The van der Waals surface area contributed by atoms with Gasteiger partial charge in [0.05, 0.1) is 12.2 Å². The Morgan fingerprint density at radius 2 is 1.60 bits per heavy atom. The van der Waals surface area contributed by atoms with Crippen molar-refractivity contribution >= 4 is 0 Å². The van der Waals surface area contributed by atoms with Crippen LogP contribution in [0.4, 0.5) is 0 Å². The standard InChI is InChI=1S/C14H26O/c1-10-8-11(13(2,3)4)15-12(9-10)14(5,6)7/h8,11-12H,9H2,1-7H3/t11-,12+/m1/s1. The molecule has 0 saturated carbocycles. The minimum atomic E-state index is 0.200. The molecule has 0 aromatic rings. The van der Waals surface area contributed by atoms with Gasteiger partial charge >= 0.3 is 0 Å².